The molecule has 4 N–H and O–H groups in total. The molecule has 1 amide bonds. The molecule has 0 spiro atoms. The Balaban J connectivity index is 2.13. The molecule has 2 rings (SSSR count). The maximum Gasteiger partial charge on any atom is 0.242 e. The van der Waals surface area contributed by atoms with Crippen molar-refractivity contribution in [2.45, 2.75) is 18.9 Å². The van der Waals surface area contributed by atoms with Crippen LogP contribution in [0.3, 0.4) is 0 Å². The van der Waals surface area contributed by atoms with Crippen LogP contribution in [0.2, 0.25) is 0 Å². The molecule has 1 aliphatic heterocycles. The third-order valence-electron chi connectivity index (χ3n) is 2.80. The SMILES string of the molecule is N#Cc1cc(NC2CCCNC2=O)ccc1N. The summed E-state index contributed by atoms with van der Waals surface area (Å²) < 4.78 is 0. The third kappa shape index (κ3) is 2.48. The highest BCUT2D eigenvalue weighted by Gasteiger charge is 2.21. The minimum atomic E-state index is -0.223. The molecule has 17 heavy (non-hydrogen) atoms. The van der Waals surface area contributed by atoms with Crippen molar-refractivity contribution >= 4 is 17.3 Å². The van der Waals surface area contributed by atoms with Crippen LogP contribution in [-0.4, -0.2) is 18.5 Å². The van der Waals surface area contributed by atoms with E-state index in [2.05, 4.69) is 10.6 Å². The number of carbonyl (C=O) groups is 1. The zero-order valence-corrected chi connectivity index (χ0v) is 9.36. The summed E-state index contributed by atoms with van der Waals surface area (Å²) in [7, 11) is 0. The molecule has 1 heterocycles. The van der Waals surface area contributed by atoms with Gasteiger partial charge in [0, 0.05) is 17.9 Å². The highest BCUT2D eigenvalue weighted by Crippen LogP contribution is 2.19. The van der Waals surface area contributed by atoms with Crippen molar-refractivity contribution in [1.29, 1.82) is 5.26 Å². The van der Waals surface area contributed by atoms with E-state index in [1.165, 1.54) is 0 Å². The monoisotopic (exact) mass is 230 g/mol. The molecular weight excluding hydrogens is 216 g/mol. The lowest BCUT2D eigenvalue weighted by atomic mass is 10.1. The van der Waals surface area contributed by atoms with Crippen LogP contribution >= 0.6 is 0 Å². The van der Waals surface area contributed by atoms with Gasteiger partial charge in [-0.1, -0.05) is 0 Å². The minimum absolute atomic E-state index is 0.00610. The normalized spacial score (nSPS) is 19.2. The topological polar surface area (TPSA) is 90.9 Å². The third-order valence-corrected chi connectivity index (χ3v) is 2.80. The van der Waals surface area contributed by atoms with Gasteiger partial charge in [0.1, 0.15) is 12.1 Å². The van der Waals surface area contributed by atoms with Crippen LogP contribution in [0.15, 0.2) is 18.2 Å². The quantitative estimate of drug-likeness (QED) is 0.656. The van der Waals surface area contributed by atoms with Gasteiger partial charge in [0.05, 0.1) is 5.56 Å². The fraction of sp³-hybridized carbons (Fsp3) is 0.333. The molecular formula is C12H14N4O. The van der Waals surface area contributed by atoms with Crippen molar-refractivity contribution in [3.8, 4) is 6.07 Å². The van der Waals surface area contributed by atoms with E-state index in [1.54, 1.807) is 18.2 Å². The lowest BCUT2D eigenvalue weighted by Gasteiger charge is -2.23. The van der Waals surface area contributed by atoms with Gasteiger partial charge in [-0.3, -0.25) is 4.79 Å². The summed E-state index contributed by atoms with van der Waals surface area (Å²) in [6.07, 6.45) is 1.77. The van der Waals surface area contributed by atoms with E-state index in [1.807, 2.05) is 6.07 Å². The lowest BCUT2D eigenvalue weighted by Crippen LogP contribution is -2.44. The van der Waals surface area contributed by atoms with Gasteiger partial charge in [0.15, 0.2) is 0 Å². The second-order valence-corrected chi connectivity index (χ2v) is 4.04. The highest BCUT2D eigenvalue weighted by molar-refractivity contribution is 5.85. The average Bonchev–Trinajstić information content (AvgIpc) is 2.34. The number of nitrogens with one attached hydrogen (secondary N) is 2. The Kier molecular flexibility index (Phi) is 3.15. The Morgan fingerprint density at radius 2 is 2.35 bits per heavy atom. The maximum absolute atomic E-state index is 11.6. The van der Waals surface area contributed by atoms with Gasteiger partial charge in [0.2, 0.25) is 5.91 Å². The number of piperidine rings is 1. The number of amides is 1. The van der Waals surface area contributed by atoms with Crippen LogP contribution in [0.5, 0.6) is 0 Å². The van der Waals surface area contributed by atoms with Crippen molar-refractivity contribution < 1.29 is 4.79 Å². The summed E-state index contributed by atoms with van der Waals surface area (Å²) in [5.74, 6) is 0.00610. The Morgan fingerprint density at radius 3 is 3.06 bits per heavy atom. The first-order valence-electron chi connectivity index (χ1n) is 5.54. The second kappa shape index (κ2) is 4.74. The Bertz CT molecular complexity index is 478. The van der Waals surface area contributed by atoms with Gasteiger partial charge >= 0.3 is 0 Å². The summed E-state index contributed by atoms with van der Waals surface area (Å²) >= 11 is 0. The minimum Gasteiger partial charge on any atom is -0.398 e. The summed E-state index contributed by atoms with van der Waals surface area (Å²) in [5, 5.41) is 14.8. The number of nitrogens with two attached hydrogens (primary N) is 1. The lowest BCUT2D eigenvalue weighted by molar-refractivity contribution is -0.123. The van der Waals surface area contributed by atoms with E-state index < -0.39 is 0 Å². The van der Waals surface area contributed by atoms with Crippen LogP contribution in [-0.2, 0) is 4.79 Å². The van der Waals surface area contributed by atoms with Crippen molar-refractivity contribution in [2.24, 2.45) is 0 Å². The predicted molar refractivity (Wildman–Crippen MR) is 65.2 cm³/mol. The van der Waals surface area contributed by atoms with Gasteiger partial charge in [-0.15, -0.1) is 0 Å². The number of nitrogens with zero attached hydrogens (tertiary/aromatic N) is 1. The summed E-state index contributed by atoms with van der Waals surface area (Å²) in [6.45, 7) is 0.738. The molecule has 0 aliphatic carbocycles. The first kappa shape index (κ1) is 11.3. The van der Waals surface area contributed by atoms with Crippen molar-refractivity contribution in [1.82, 2.24) is 5.32 Å². The molecule has 5 heteroatoms. The Hall–Kier alpha value is -2.22. The highest BCUT2D eigenvalue weighted by atomic mass is 16.2. The molecule has 0 radical (unpaired) electrons. The number of anilines is 2. The van der Waals surface area contributed by atoms with Crippen molar-refractivity contribution in [3.05, 3.63) is 23.8 Å². The molecule has 0 bridgehead atoms. The van der Waals surface area contributed by atoms with Gasteiger partial charge < -0.3 is 16.4 Å². The van der Waals surface area contributed by atoms with Crippen LogP contribution in [0.25, 0.3) is 0 Å². The van der Waals surface area contributed by atoms with E-state index in [9.17, 15) is 4.79 Å². The maximum atomic E-state index is 11.6. The number of hydrogen-bond donors (Lipinski definition) is 3. The standard InChI is InChI=1S/C12H14N4O/c13-7-8-6-9(3-4-10(8)14)16-11-2-1-5-15-12(11)17/h3-4,6,11,16H,1-2,5,14H2,(H,15,17). The van der Waals surface area contributed by atoms with Crippen molar-refractivity contribution in [3.63, 3.8) is 0 Å². The number of benzene rings is 1. The summed E-state index contributed by atoms with van der Waals surface area (Å²) in [6, 6.07) is 6.90. The van der Waals surface area contributed by atoms with Crippen LogP contribution in [0, 0.1) is 11.3 Å². The van der Waals surface area contributed by atoms with E-state index in [-0.39, 0.29) is 11.9 Å². The summed E-state index contributed by atoms with van der Waals surface area (Å²) in [4.78, 5) is 11.6. The molecule has 0 saturated carbocycles. The van der Waals surface area contributed by atoms with Crippen LogP contribution in [0.4, 0.5) is 11.4 Å². The molecule has 1 atom stereocenters. The molecule has 1 aromatic carbocycles. The predicted octanol–water partition coefficient (Wildman–Crippen LogP) is 0.831. The van der Waals surface area contributed by atoms with E-state index in [0.717, 1.165) is 25.1 Å². The van der Waals surface area contributed by atoms with Crippen LogP contribution < -0.4 is 16.4 Å². The number of nitrogen functional groups attached to an aromatic ring is 1. The van der Waals surface area contributed by atoms with Crippen LogP contribution in [0.1, 0.15) is 18.4 Å². The first-order valence-corrected chi connectivity index (χ1v) is 5.54. The van der Waals surface area contributed by atoms with Gasteiger partial charge in [-0.05, 0) is 31.0 Å². The fourth-order valence-corrected chi connectivity index (χ4v) is 1.85. The number of rotatable bonds is 2. The van der Waals surface area contributed by atoms with E-state index in [4.69, 9.17) is 11.0 Å². The first-order chi connectivity index (χ1) is 8.20. The zero-order valence-electron chi connectivity index (χ0n) is 9.36. The average molecular weight is 230 g/mol. The largest absolute Gasteiger partial charge is 0.398 e. The molecule has 1 fully saturated rings. The molecule has 1 saturated heterocycles. The fourth-order valence-electron chi connectivity index (χ4n) is 1.85. The van der Waals surface area contributed by atoms with Gasteiger partial charge in [0.25, 0.3) is 0 Å². The Morgan fingerprint density at radius 1 is 1.53 bits per heavy atom. The summed E-state index contributed by atoms with van der Waals surface area (Å²) in [5.41, 5.74) is 7.25. The molecule has 0 aromatic heterocycles. The zero-order chi connectivity index (χ0) is 12.3. The van der Waals surface area contributed by atoms with Gasteiger partial charge in [-0.25, -0.2) is 0 Å². The van der Waals surface area contributed by atoms with E-state index in [0.29, 0.717) is 11.3 Å². The molecule has 1 unspecified atom stereocenters. The van der Waals surface area contributed by atoms with E-state index >= 15 is 0 Å². The molecule has 1 aliphatic rings. The number of carbonyl (C=O) groups excluding carboxylic acids is 1. The molecule has 5 nitrogen and oxygen atoms in total. The smallest absolute Gasteiger partial charge is 0.242 e. The van der Waals surface area contributed by atoms with Crippen molar-refractivity contribution in [2.75, 3.05) is 17.6 Å². The molecule has 88 valence electrons. The van der Waals surface area contributed by atoms with Gasteiger partial charge in [-0.2, -0.15) is 5.26 Å². The Labute approximate surface area is 99.6 Å². The number of hydrogen-bond acceptors (Lipinski definition) is 4. The molecule has 1 aromatic rings. The second-order valence-electron chi connectivity index (χ2n) is 4.04. The number of nitriles is 1.